The molecule has 1 atom stereocenters. The summed E-state index contributed by atoms with van der Waals surface area (Å²) in [6.45, 7) is 5.00. The van der Waals surface area contributed by atoms with Crippen LogP contribution in [-0.4, -0.2) is 47.7 Å². The molecule has 1 unspecified atom stereocenters. The number of nitrogens with zero attached hydrogens (tertiary/aromatic N) is 3. The number of amides is 2. The fraction of sp³-hybridized carbons (Fsp3) is 0.231. The highest BCUT2D eigenvalue weighted by atomic mass is 16.2. The van der Waals surface area contributed by atoms with Crippen LogP contribution in [0.4, 0.5) is 10.5 Å². The van der Waals surface area contributed by atoms with Gasteiger partial charge < -0.3 is 10.2 Å². The van der Waals surface area contributed by atoms with E-state index in [1.807, 2.05) is 35.2 Å². The molecule has 2 N–H and O–H groups in total. The van der Waals surface area contributed by atoms with E-state index < -0.39 is 0 Å². The first-order valence-electron chi connectivity index (χ1n) is 11.0. The van der Waals surface area contributed by atoms with Gasteiger partial charge in [-0.2, -0.15) is 5.10 Å². The number of hydrogen-bond acceptors (Lipinski definition) is 4. The molecule has 0 aliphatic carbocycles. The van der Waals surface area contributed by atoms with Crippen LogP contribution in [0, 0.1) is 6.92 Å². The molecule has 0 saturated carbocycles. The van der Waals surface area contributed by atoms with Gasteiger partial charge >= 0.3 is 6.03 Å². The summed E-state index contributed by atoms with van der Waals surface area (Å²) >= 11 is 0. The predicted molar refractivity (Wildman–Crippen MR) is 128 cm³/mol. The topological polar surface area (TPSA) is 60.0 Å². The number of nitrogens with one attached hydrogen (secondary N) is 2. The third-order valence-electron chi connectivity index (χ3n) is 6.13. The van der Waals surface area contributed by atoms with Gasteiger partial charge in [0.2, 0.25) is 0 Å². The highest BCUT2D eigenvalue weighted by Gasteiger charge is 2.31. The molecule has 2 aliphatic heterocycles. The van der Waals surface area contributed by atoms with Crippen LogP contribution < -0.4 is 10.7 Å². The lowest BCUT2D eigenvalue weighted by Crippen LogP contribution is -2.53. The minimum Gasteiger partial charge on any atom is -0.322 e. The van der Waals surface area contributed by atoms with E-state index in [4.69, 9.17) is 5.10 Å². The van der Waals surface area contributed by atoms with Gasteiger partial charge in [-0.25, -0.2) is 4.79 Å². The van der Waals surface area contributed by atoms with Crippen LogP contribution in [-0.2, 0) is 0 Å². The second kappa shape index (κ2) is 8.85. The summed E-state index contributed by atoms with van der Waals surface area (Å²) in [5, 5.41) is 7.75. The summed E-state index contributed by atoms with van der Waals surface area (Å²) in [7, 11) is 0. The molecule has 5 rings (SSSR count). The van der Waals surface area contributed by atoms with Crippen LogP contribution in [0.15, 0.2) is 84.0 Å². The number of para-hydroxylation sites is 1. The van der Waals surface area contributed by atoms with Gasteiger partial charge in [-0.3, -0.25) is 10.3 Å². The number of anilines is 1. The third kappa shape index (κ3) is 4.09. The Labute approximate surface area is 188 Å². The molecule has 0 bridgehead atoms. The number of piperazine rings is 1. The number of benzene rings is 3. The molecule has 162 valence electrons. The van der Waals surface area contributed by atoms with Gasteiger partial charge in [-0.15, -0.1) is 0 Å². The van der Waals surface area contributed by atoms with E-state index in [1.54, 1.807) is 0 Å². The Morgan fingerprint density at radius 3 is 2.34 bits per heavy atom. The van der Waals surface area contributed by atoms with Gasteiger partial charge in [-0.1, -0.05) is 72.3 Å². The average molecular weight is 426 g/mol. The van der Waals surface area contributed by atoms with E-state index in [1.165, 1.54) is 11.1 Å². The zero-order chi connectivity index (χ0) is 21.9. The molecule has 1 fully saturated rings. The Morgan fingerprint density at radius 2 is 1.59 bits per heavy atom. The van der Waals surface area contributed by atoms with Crippen molar-refractivity contribution in [3.63, 3.8) is 0 Å². The molecule has 2 amide bonds. The molecule has 3 aromatic carbocycles. The number of hydrazone groups is 1. The van der Waals surface area contributed by atoms with Gasteiger partial charge in [0.15, 0.2) is 0 Å². The van der Waals surface area contributed by atoms with E-state index in [2.05, 4.69) is 71.1 Å². The Kier molecular flexibility index (Phi) is 5.60. The van der Waals surface area contributed by atoms with E-state index in [0.29, 0.717) is 13.1 Å². The Hall–Kier alpha value is -3.64. The number of carbonyl (C=O) groups excluding carboxylic acids is 1. The number of aryl methyl sites for hydroxylation is 1. The predicted octanol–water partition coefficient (Wildman–Crippen LogP) is 4.20. The lowest BCUT2D eigenvalue weighted by molar-refractivity contribution is 0.0965. The summed E-state index contributed by atoms with van der Waals surface area (Å²) in [5.41, 5.74) is 9.90. The summed E-state index contributed by atoms with van der Waals surface area (Å²) in [6.07, 6.45) is -0.000247. The van der Waals surface area contributed by atoms with Crippen molar-refractivity contribution in [2.75, 3.05) is 31.5 Å². The minimum absolute atomic E-state index is 0.000247. The molecule has 6 heteroatoms. The van der Waals surface area contributed by atoms with Gasteiger partial charge in [0.05, 0.1) is 5.71 Å². The number of urea groups is 1. The zero-order valence-electron chi connectivity index (χ0n) is 18.2. The second-order valence-electron chi connectivity index (χ2n) is 8.26. The summed E-state index contributed by atoms with van der Waals surface area (Å²) in [4.78, 5) is 16.9. The Bertz CT molecular complexity index is 1120. The maximum Gasteiger partial charge on any atom is 0.321 e. The fourth-order valence-electron chi connectivity index (χ4n) is 4.32. The zero-order valence-corrected chi connectivity index (χ0v) is 18.2. The summed E-state index contributed by atoms with van der Waals surface area (Å²) in [5.74, 6) is 0. The minimum atomic E-state index is -0.0486. The number of carbonyl (C=O) groups is 1. The van der Waals surface area contributed by atoms with Gasteiger partial charge in [-0.05, 0) is 24.6 Å². The lowest BCUT2D eigenvalue weighted by Gasteiger charge is -2.40. The van der Waals surface area contributed by atoms with E-state index in [9.17, 15) is 4.79 Å². The van der Waals surface area contributed by atoms with E-state index in [0.717, 1.165) is 35.6 Å². The molecule has 0 radical (unpaired) electrons. The first kappa shape index (κ1) is 20.3. The molecule has 2 heterocycles. The van der Waals surface area contributed by atoms with Crippen molar-refractivity contribution in [3.05, 3.63) is 101 Å². The molecule has 0 spiro atoms. The highest BCUT2D eigenvalue weighted by molar-refractivity contribution is 6.14. The highest BCUT2D eigenvalue weighted by Crippen LogP contribution is 2.29. The van der Waals surface area contributed by atoms with Crippen molar-refractivity contribution in [1.82, 2.24) is 15.2 Å². The van der Waals surface area contributed by atoms with Crippen molar-refractivity contribution in [1.29, 1.82) is 0 Å². The molecule has 3 aromatic rings. The van der Waals surface area contributed by atoms with Gasteiger partial charge in [0, 0.05) is 43.0 Å². The standard InChI is InChI=1S/C26H27N5O/c1-19-11-13-20(14-12-19)24-22-9-5-6-10-23(22)25(29-28-24)30-15-17-31(18-16-30)26(32)27-21-7-3-2-4-8-21/h2-14,25,29H,15-18H2,1H3,(H,27,32). The maximum absolute atomic E-state index is 12.6. The maximum atomic E-state index is 12.6. The van der Waals surface area contributed by atoms with Crippen molar-refractivity contribution in [2.24, 2.45) is 5.10 Å². The first-order chi connectivity index (χ1) is 15.7. The molecule has 32 heavy (non-hydrogen) atoms. The van der Waals surface area contributed by atoms with Crippen molar-refractivity contribution in [3.8, 4) is 0 Å². The van der Waals surface area contributed by atoms with Crippen molar-refractivity contribution < 1.29 is 4.79 Å². The van der Waals surface area contributed by atoms with Crippen molar-refractivity contribution >= 4 is 17.4 Å². The second-order valence-corrected chi connectivity index (χ2v) is 8.26. The summed E-state index contributed by atoms with van der Waals surface area (Å²) in [6, 6.07) is 26.5. The van der Waals surface area contributed by atoms with Crippen LogP contribution in [0.5, 0.6) is 0 Å². The van der Waals surface area contributed by atoms with Gasteiger partial charge in [0.1, 0.15) is 6.17 Å². The number of rotatable bonds is 3. The Balaban J connectivity index is 1.28. The molecule has 0 aromatic heterocycles. The molecule has 1 saturated heterocycles. The Morgan fingerprint density at radius 1 is 0.906 bits per heavy atom. The van der Waals surface area contributed by atoms with Crippen LogP contribution in [0.25, 0.3) is 0 Å². The smallest absolute Gasteiger partial charge is 0.321 e. The van der Waals surface area contributed by atoms with Crippen LogP contribution >= 0.6 is 0 Å². The normalized spacial score (nSPS) is 18.3. The molecular formula is C26H27N5O. The number of fused-ring (bicyclic) bond motifs is 1. The first-order valence-corrected chi connectivity index (χ1v) is 11.0. The molecular weight excluding hydrogens is 398 g/mol. The molecule has 6 nitrogen and oxygen atoms in total. The van der Waals surface area contributed by atoms with Crippen LogP contribution in [0.2, 0.25) is 0 Å². The number of hydrogen-bond donors (Lipinski definition) is 2. The summed E-state index contributed by atoms with van der Waals surface area (Å²) < 4.78 is 0. The van der Waals surface area contributed by atoms with E-state index >= 15 is 0 Å². The van der Waals surface area contributed by atoms with Crippen LogP contribution in [0.1, 0.15) is 28.4 Å². The largest absolute Gasteiger partial charge is 0.322 e. The molecule has 2 aliphatic rings. The monoisotopic (exact) mass is 425 g/mol. The third-order valence-corrected chi connectivity index (χ3v) is 6.13. The SMILES string of the molecule is Cc1ccc(C2=NNC(N3CCN(C(=O)Nc4ccccc4)CC3)c3ccccc32)cc1. The lowest BCUT2D eigenvalue weighted by atomic mass is 9.94. The van der Waals surface area contributed by atoms with Crippen LogP contribution in [0.3, 0.4) is 0 Å². The van der Waals surface area contributed by atoms with Crippen molar-refractivity contribution in [2.45, 2.75) is 13.1 Å². The quantitative estimate of drug-likeness (QED) is 0.661. The van der Waals surface area contributed by atoms with Gasteiger partial charge in [0.25, 0.3) is 0 Å². The fourth-order valence-corrected chi connectivity index (χ4v) is 4.32. The van der Waals surface area contributed by atoms with E-state index in [-0.39, 0.29) is 12.2 Å². The average Bonchev–Trinajstić information content (AvgIpc) is 2.85.